The van der Waals surface area contributed by atoms with Crippen LogP contribution < -0.4 is 5.32 Å². The van der Waals surface area contributed by atoms with Crippen molar-refractivity contribution in [3.63, 3.8) is 0 Å². The van der Waals surface area contributed by atoms with Crippen molar-refractivity contribution >= 4 is 11.4 Å². The lowest BCUT2D eigenvalue weighted by Crippen LogP contribution is -2.00. The number of anilines is 2. The van der Waals surface area contributed by atoms with E-state index in [1.165, 1.54) is 18.5 Å². The van der Waals surface area contributed by atoms with Crippen LogP contribution in [0.4, 0.5) is 11.4 Å². The molecule has 2 rings (SSSR count). The lowest BCUT2D eigenvalue weighted by atomic mass is 10.1. The number of rotatable bonds is 5. The zero-order valence-electron chi connectivity index (χ0n) is 11.1. The highest BCUT2D eigenvalue weighted by Crippen LogP contribution is 2.21. The summed E-state index contributed by atoms with van der Waals surface area (Å²) in [5, 5.41) is 3.45. The maximum absolute atomic E-state index is 4.64. The second kappa shape index (κ2) is 6.20. The Kier molecular flexibility index (Phi) is 4.35. The predicted octanol–water partition coefficient (Wildman–Crippen LogP) is 4.48. The molecule has 0 radical (unpaired) electrons. The first-order chi connectivity index (χ1) is 8.79. The van der Waals surface area contributed by atoms with Crippen molar-refractivity contribution in [3.05, 3.63) is 53.9 Å². The van der Waals surface area contributed by atoms with Crippen LogP contribution in [-0.4, -0.2) is 4.98 Å². The average molecular weight is 240 g/mol. The summed E-state index contributed by atoms with van der Waals surface area (Å²) in [6, 6.07) is 14.4. The zero-order chi connectivity index (χ0) is 12.8. The molecular weight excluding hydrogens is 220 g/mol. The number of aromatic nitrogens is 1. The maximum Gasteiger partial charge on any atom is 0.0641 e. The number of para-hydroxylation sites is 1. The molecule has 0 unspecified atom stereocenters. The molecule has 1 N–H and O–H groups in total. The molecule has 0 saturated carbocycles. The zero-order valence-corrected chi connectivity index (χ0v) is 11.1. The number of benzene rings is 1. The smallest absolute Gasteiger partial charge is 0.0641 e. The van der Waals surface area contributed by atoms with Crippen LogP contribution in [0.1, 0.15) is 31.2 Å². The van der Waals surface area contributed by atoms with Gasteiger partial charge in [0.2, 0.25) is 0 Å². The average Bonchev–Trinajstić information content (AvgIpc) is 2.40. The minimum Gasteiger partial charge on any atom is -0.354 e. The monoisotopic (exact) mass is 240 g/mol. The summed E-state index contributed by atoms with van der Waals surface area (Å²) in [5.41, 5.74) is 4.49. The Morgan fingerprint density at radius 1 is 1.06 bits per heavy atom. The van der Waals surface area contributed by atoms with Gasteiger partial charge in [-0.1, -0.05) is 31.5 Å². The maximum atomic E-state index is 4.64. The molecule has 0 aliphatic rings. The Balaban J connectivity index is 2.21. The highest BCUT2D eigenvalue weighted by Gasteiger charge is 2.04. The molecule has 1 aromatic heterocycles. The Hall–Kier alpha value is -1.83. The fourth-order valence-electron chi connectivity index (χ4n) is 1.94. The third-order valence-electron chi connectivity index (χ3n) is 2.93. The number of unbranched alkanes of at least 4 members (excludes halogenated alkanes) is 1. The molecule has 2 heteroatoms. The number of hydrogen-bond donors (Lipinski definition) is 1. The van der Waals surface area contributed by atoms with Gasteiger partial charge in [0.15, 0.2) is 0 Å². The van der Waals surface area contributed by atoms with Crippen molar-refractivity contribution in [1.82, 2.24) is 4.98 Å². The minimum absolute atomic E-state index is 1.04. The van der Waals surface area contributed by atoms with Gasteiger partial charge >= 0.3 is 0 Å². The van der Waals surface area contributed by atoms with Crippen LogP contribution in [0.5, 0.6) is 0 Å². The first-order valence-electron chi connectivity index (χ1n) is 6.58. The molecule has 2 nitrogen and oxygen atoms in total. The van der Waals surface area contributed by atoms with Gasteiger partial charge < -0.3 is 5.32 Å². The highest BCUT2D eigenvalue weighted by atomic mass is 14.9. The van der Waals surface area contributed by atoms with Crippen LogP contribution in [0.15, 0.2) is 42.5 Å². The molecule has 1 aromatic carbocycles. The third-order valence-corrected chi connectivity index (χ3v) is 2.93. The van der Waals surface area contributed by atoms with Crippen molar-refractivity contribution < 1.29 is 0 Å². The molecule has 0 aliphatic heterocycles. The molecule has 0 bridgehead atoms. The molecule has 0 amide bonds. The molecule has 0 spiro atoms. The van der Waals surface area contributed by atoms with E-state index in [4.69, 9.17) is 0 Å². The van der Waals surface area contributed by atoms with Crippen LogP contribution in [0.25, 0.3) is 0 Å². The quantitative estimate of drug-likeness (QED) is 0.833. The van der Waals surface area contributed by atoms with Crippen molar-refractivity contribution in [2.24, 2.45) is 0 Å². The van der Waals surface area contributed by atoms with E-state index in [1.807, 2.05) is 25.1 Å². The third kappa shape index (κ3) is 3.33. The van der Waals surface area contributed by atoms with Crippen molar-refractivity contribution in [2.75, 3.05) is 5.32 Å². The van der Waals surface area contributed by atoms with E-state index in [0.717, 1.165) is 23.5 Å². The van der Waals surface area contributed by atoms with E-state index in [1.54, 1.807) is 0 Å². The number of nitrogens with one attached hydrogen (secondary N) is 1. The van der Waals surface area contributed by atoms with Crippen LogP contribution >= 0.6 is 0 Å². The summed E-state index contributed by atoms with van der Waals surface area (Å²) in [4.78, 5) is 4.64. The standard InChI is InChI=1S/C16H20N2/c1-3-4-10-15-16(12-11-13(2)17-15)18-14-8-6-5-7-9-14/h5-9,11-12,18H,3-4,10H2,1-2H3. The van der Waals surface area contributed by atoms with Crippen molar-refractivity contribution in [1.29, 1.82) is 0 Å². The molecule has 1 heterocycles. The fraction of sp³-hybridized carbons (Fsp3) is 0.312. The topological polar surface area (TPSA) is 24.9 Å². The molecule has 0 fully saturated rings. The second-order valence-corrected chi connectivity index (χ2v) is 4.54. The summed E-state index contributed by atoms with van der Waals surface area (Å²) >= 11 is 0. The van der Waals surface area contributed by atoms with Gasteiger partial charge in [0.1, 0.15) is 0 Å². The van der Waals surface area contributed by atoms with E-state index in [0.29, 0.717) is 0 Å². The Morgan fingerprint density at radius 2 is 1.83 bits per heavy atom. The molecular formula is C16H20N2. The van der Waals surface area contributed by atoms with Gasteiger partial charge in [0, 0.05) is 11.4 Å². The Labute approximate surface area is 109 Å². The van der Waals surface area contributed by atoms with Crippen molar-refractivity contribution in [2.45, 2.75) is 33.1 Å². The first-order valence-corrected chi connectivity index (χ1v) is 6.58. The SMILES string of the molecule is CCCCc1nc(C)ccc1Nc1ccccc1. The van der Waals surface area contributed by atoms with E-state index >= 15 is 0 Å². The summed E-state index contributed by atoms with van der Waals surface area (Å²) in [7, 11) is 0. The Morgan fingerprint density at radius 3 is 2.56 bits per heavy atom. The number of pyridine rings is 1. The van der Waals surface area contributed by atoms with Gasteiger partial charge in [-0.3, -0.25) is 4.98 Å². The molecule has 0 saturated heterocycles. The summed E-state index contributed by atoms with van der Waals surface area (Å²) in [6.07, 6.45) is 3.41. The number of nitrogens with zero attached hydrogens (tertiary/aromatic N) is 1. The van der Waals surface area contributed by atoms with E-state index in [2.05, 4.69) is 41.5 Å². The predicted molar refractivity (Wildman–Crippen MR) is 77.3 cm³/mol. The molecule has 94 valence electrons. The van der Waals surface area contributed by atoms with Gasteiger partial charge in [-0.05, 0) is 44.0 Å². The fourth-order valence-corrected chi connectivity index (χ4v) is 1.94. The largest absolute Gasteiger partial charge is 0.354 e. The van der Waals surface area contributed by atoms with Crippen LogP contribution in [0.3, 0.4) is 0 Å². The van der Waals surface area contributed by atoms with Crippen LogP contribution in [-0.2, 0) is 6.42 Å². The first kappa shape index (κ1) is 12.6. The van der Waals surface area contributed by atoms with E-state index in [-0.39, 0.29) is 0 Å². The second-order valence-electron chi connectivity index (χ2n) is 4.54. The van der Waals surface area contributed by atoms with Gasteiger partial charge in [-0.2, -0.15) is 0 Å². The highest BCUT2D eigenvalue weighted by molar-refractivity contribution is 5.61. The molecule has 0 aliphatic carbocycles. The number of hydrogen-bond acceptors (Lipinski definition) is 2. The van der Waals surface area contributed by atoms with Gasteiger partial charge in [-0.25, -0.2) is 0 Å². The Bertz CT molecular complexity index is 492. The normalized spacial score (nSPS) is 10.3. The van der Waals surface area contributed by atoms with Gasteiger partial charge in [-0.15, -0.1) is 0 Å². The van der Waals surface area contributed by atoms with E-state index in [9.17, 15) is 0 Å². The molecule has 18 heavy (non-hydrogen) atoms. The molecule has 0 atom stereocenters. The van der Waals surface area contributed by atoms with Crippen molar-refractivity contribution in [3.8, 4) is 0 Å². The summed E-state index contributed by atoms with van der Waals surface area (Å²) < 4.78 is 0. The van der Waals surface area contributed by atoms with E-state index < -0.39 is 0 Å². The summed E-state index contributed by atoms with van der Waals surface area (Å²) in [5.74, 6) is 0. The molecule has 2 aromatic rings. The van der Waals surface area contributed by atoms with Gasteiger partial charge in [0.05, 0.1) is 11.4 Å². The van der Waals surface area contributed by atoms with Crippen LogP contribution in [0.2, 0.25) is 0 Å². The minimum atomic E-state index is 1.04. The summed E-state index contributed by atoms with van der Waals surface area (Å²) in [6.45, 7) is 4.25. The van der Waals surface area contributed by atoms with Gasteiger partial charge in [0.25, 0.3) is 0 Å². The lowest BCUT2D eigenvalue weighted by Gasteiger charge is -2.12. The van der Waals surface area contributed by atoms with Crippen LogP contribution in [0, 0.1) is 6.92 Å². The number of aryl methyl sites for hydroxylation is 2. The lowest BCUT2D eigenvalue weighted by molar-refractivity contribution is 0.775.